The van der Waals surface area contributed by atoms with E-state index in [1.807, 2.05) is 50.5 Å². The van der Waals surface area contributed by atoms with Gasteiger partial charge < -0.3 is 10.2 Å². The molecule has 0 fully saturated rings. The van der Waals surface area contributed by atoms with Crippen LogP contribution in [0.15, 0.2) is 48.5 Å². The Morgan fingerprint density at radius 3 is 2.37 bits per heavy atom. The third-order valence-electron chi connectivity index (χ3n) is 2.95. The first-order chi connectivity index (χ1) is 9.20. The molecule has 1 N–H and O–H groups in total. The summed E-state index contributed by atoms with van der Waals surface area (Å²) in [5.74, 6) is 0. The normalized spacial score (nSPS) is 9.74. The van der Waals surface area contributed by atoms with Gasteiger partial charge in [0.2, 0.25) is 0 Å². The Morgan fingerprint density at radius 1 is 1.05 bits per heavy atom. The molecule has 0 saturated carbocycles. The third-order valence-corrected chi connectivity index (χ3v) is 2.95. The Labute approximate surface area is 114 Å². The molecule has 0 saturated heterocycles. The summed E-state index contributed by atoms with van der Waals surface area (Å²) in [4.78, 5) is 2.08. The van der Waals surface area contributed by atoms with E-state index in [1.54, 1.807) is 0 Å². The molecule has 0 heterocycles. The van der Waals surface area contributed by atoms with Crippen molar-refractivity contribution in [2.24, 2.45) is 0 Å². The summed E-state index contributed by atoms with van der Waals surface area (Å²) in [7, 11) is 4.06. The quantitative estimate of drug-likeness (QED) is 0.906. The molecule has 0 bridgehead atoms. The SMILES string of the molecule is CN(C)c1ccccc1NCc1ccc(C#N)cc1. The third kappa shape index (κ3) is 3.26. The summed E-state index contributed by atoms with van der Waals surface area (Å²) in [5, 5.41) is 12.2. The van der Waals surface area contributed by atoms with Gasteiger partial charge in [0.05, 0.1) is 23.0 Å². The van der Waals surface area contributed by atoms with Gasteiger partial charge in [-0.3, -0.25) is 0 Å². The van der Waals surface area contributed by atoms with Gasteiger partial charge in [-0.15, -0.1) is 0 Å². The second kappa shape index (κ2) is 5.92. The van der Waals surface area contributed by atoms with Crippen LogP contribution in [0.1, 0.15) is 11.1 Å². The minimum absolute atomic E-state index is 0.692. The van der Waals surface area contributed by atoms with E-state index in [1.165, 1.54) is 0 Å². The van der Waals surface area contributed by atoms with Crippen molar-refractivity contribution in [3.8, 4) is 6.07 Å². The Morgan fingerprint density at radius 2 is 1.74 bits per heavy atom. The van der Waals surface area contributed by atoms with E-state index < -0.39 is 0 Å². The molecule has 3 nitrogen and oxygen atoms in total. The number of hydrogen-bond donors (Lipinski definition) is 1. The van der Waals surface area contributed by atoms with E-state index in [4.69, 9.17) is 5.26 Å². The summed E-state index contributed by atoms with van der Waals surface area (Å²) in [6.07, 6.45) is 0. The van der Waals surface area contributed by atoms with Gasteiger partial charge in [0.1, 0.15) is 0 Å². The fraction of sp³-hybridized carbons (Fsp3) is 0.188. The Bertz CT molecular complexity index is 580. The predicted molar refractivity (Wildman–Crippen MR) is 79.3 cm³/mol. The zero-order valence-corrected chi connectivity index (χ0v) is 11.2. The van der Waals surface area contributed by atoms with Crippen LogP contribution in [-0.4, -0.2) is 14.1 Å². The fourth-order valence-electron chi connectivity index (χ4n) is 1.91. The highest BCUT2D eigenvalue weighted by atomic mass is 15.1. The lowest BCUT2D eigenvalue weighted by molar-refractivity contribution is 1.10. The maximum absolute atomic E-state index is 8.76. The smallest absolute Gasteiger partial charge is 0.0991 e. The average molecular weight is 251 g/mol. The topological polar surface area (TPSA) is 39.1 Å². The van der Waals surface area contributed by atoms with Crippen LogP contribution >= 0.6 is 0 Å². The second-order valence-corrected chi connectivity index (χ2v) is 4.57. The van der Waals surface area contributed by atoms with Crippen LogP contribution in [-0.2, 0) is 6.54 Å². The molecule has 0 radical (unpaired) electrons. The molecule has 0 amide bonds. The molecule has 2 aromatic carbocycles. The lowest BCUT2D eigenvalue weighted by atomic mass is 10.1. The highest BCUT2D eigenvalue weighted by Crippen LogP contribution is 2.23. The molecule has 96 valence electrons. The van der Waals surface area contributed by atoms with Crippen LogP contribution in [0.25, 0.3) is 0 Å². The van der Waals surface area contributed by atoms with Crippen molar-refractivity contribution in [2.45, 2.75) is 6.54 Å². The summed E-state index contributed by atoms with van der Waals surface area (Å²) >= 11 is 0. The Kier molecular flexibility index (Phi) is 4.04. The van der Waals surface area contributed by atoms with Gasteiger partial charge in [-0.1, -0.05) is 24.3 Å². The largest absolute Gasteiger partial charge is 0.379 e. The number of para-hydroxylation sites is 2. The summed E-state index contributed by atoms with van der Waals surface area (Å²) in [6, 6.07) is 18.0. The summed E-state index contributed by atoms with van der Waals surface area (Å²) in [5.41, 5.74) is 4.12. The van der Waals surface area contributed by atoms with Crippen molar-refractivity contribution in [3.05, 3.63) is 59.7 Å². The van der Waals surface area contributed by atoms with Crippen molar-refractivity contribution in [2.75, 3.05) is 24.3 Å². The molecule has 0 aliphatic heterocycles. The minimum atomic E-state index is 0.692. The van der Waals surface area contributed by atoms with Gasteiger partial charge >= 0.3 is 0 Å². The maximum atomic E-state index is 8.76. The van der Waals surface area contributed by atoms with Crippen LogP contribution in [0.4, 0.5) is 11.4 Å². The number of benzene rings is 2. The van der Waals surface area contributed by atoms with Crippen LogP contribution in [0.3, 0.4) is 0 Å². The minimum Gasteiger partial charge on any atom is -0.379 e. The molecule has 0 unspecified atom stereocenters. The van der Waals surface area contributed by atoms with Crippen molar-refractivity contribution < 1.29 is 0 Å². The summed E-state index contributed by atoms with van der Waals surface area (Å²) < 4.78 is 0. The summed E-state index contributed by atoms with van der Waals surface area (Å²) in [6.45, 7) is 0.747. The molecule has 2 rings (SSSR count). The predicted octanol–water partition coefficient (Wildman–Crippen LogP) is 3.24. The van der Waals surface area contributed by atoms with Gasteiger partial charge in [0.15, 0.2) is 0 Å². The van der Waals surface area contributed by atoms with Crippen LogP contribution in [0.5, 0.6) is 0 Å². The van der Waals surface area contributed by atoms with Gasteiger partial charge in [-0.05, 0) is 29.8 Å². The fourth-order valence-corrected chi connectivity index (χ4v) is 1.91. The molecule has 19 heavy (non-hydrogen) atoms. The lowest BCUT2D eigenvalue weighted by Crippen LogP contribution is -2.12. The van der Waals surface area contributed by atoms with Crippen molar-refractivity contribution in [1.29, 1.82) is 5.26 Å². The Balaban J connectivity index is 2.08. The lowest BCUT2D eigenvalue weighted by Gasteiger charge is -2.18. The molecule has 2 aromatic rings. The zero-order valence-electron chi connectivity index (χ0n) is 11.2. The number of nitriles is 1. The number of nitrogens with one attached hydrogen (secondary N) is 1. The molecule has 0 spiro atoms. The van der Waals surface area contributed by atoms with E-state index in [9.17, 15) is 0 Å². The standard InChI is InChI=1S/C16H17N3/c1-19(2)16-6-4-3-5-15(16)18-12-14-9-7-13(11-17)8-10-14/h3-10,18H,12H2,1-2H3. The van der Waals surface area contributed by atoms with Crippen LogP contribution in [0.2, 0.25) is 0 Å². The number of anilines is 2. The van der Waals surface area contributed by atoms with Crippen LogP contribution in [0, 0.1) is 11.3 Å². The molecule has 0 atom stereocenters. The highest BCUT2D eigenvalue weighted by molar-refractivity contribution is 5.69. The first-order valence-electron chi connectivity index (χ1n) is 6.20. The van der Waals surface area contributed by atoms with E-state index in [-0.39, 0.29) is 0 Å². The monoisotopic (exact) mass is 251 g/mol. The molecule has 0 aliphatic carbocycles. The van der Waals surface area contributed by atoms with E-state index in [0.717, 1.165) is 23.5 Å². The van der Waals surface area contributed by atoms with Crippen molar-refractivity contribution in [1.82, 2.24) is 0 Å². The van der Waals surface area contributed by atoms with E-state index in [2.05, 4.69) is 28.4 Å². The van der Waals surface area contributed by atoms with E-state index >= 15 is 0 Å². The van der Waals surface area contributed by atoms with Crippen molar-refractivity contribution >= 4 is 11.4 Å². The van der Waals surface area contributed by atoms with Crippen molar-refractivity contribution in [3.63, 3.8) is 0 Å². The highest BCUT2D eigenvalue weighted by Gasteiger charge is 2.02. The van der Waals surface area contributed by atoms with Gasteiger partial charge in [0.25, 0.3) is 0 Å². The Hall–Kier alpha value is -2.47. The molecule has 0 aliphatic rings. The van der Waals surface area contributed by atoms with E-state index in [0.29, 0.717) is 5.56 Å². The molecule has 3 heteroatoms. The van der Waals surface area contributed by atoms with Crippen LogP contribution < -0.4 is 10.2 Å². The maximum Gasteiger partial charge on any atom is 0.0991 e. The molecular weight excluding hydrogens is 234 g/mol. The zero-order chi connectivity index (χ0) is 13.7. The molecule has 0 aromatic heterocycles. The molecular formula is C16H17N3. The number of nitrogens with zero attached hydrogens (tertiary/aromatic N) is 2. The van der Waals surface area contributed by atoms with Gasteiger partial charge in [0, 0.05) is 20.6 Å². The number of rotatable bonds is 4. The average Bonchev–Trinajstić information content (AvgIpc) is 2.46. The second-order valence-electron chi connectivity index (χ2n) is 4.57. The first-order valence-corrected chi connectivity index (χ1v) is 6.20. The first kappa shape index (κ1) is 13.0. The van der Waals surface area contributed by atoms with Gasteiger partial charge in [-0.25, -0.2) is 0 Å². The number of hydrogen-bond acceptors (Lipinski definition) is 3. The van der Waals surface area contributed by atoms with Gasteiger partial charge in [-0.2, -0.15) is 5.26 Å².